The van der Waals surface area contributed by atoms with Gasteiger partial charge in [0.2, 0.25) is 5.91 Å². The van der Waals surface area contributed by atoms with Crippen molar-refractivity contribution in [3.63, 3.8) is 0 Å². The van der Waals surface area contributed by atoms with Crippen molar-refractivity contribution in [1.82, 2.24) is 5.32 Å². The highest BCUT2D eigenvalue weighted by molar-refractivity contribution is 7.10. The number of rotatable bonds is 4. The molecule has 0 aliphatic heterocycles. The molecule has 1 aromatic carbocycles. The lowest BCUT2D eigenvalue weighted by atomic mass is 10.2. The Balaban J connectivity index is 1.89. The van der Waals surface area contributed by atoms with Gasteiger partial charge in [0.25, 0.3) is 0 Å². The topological polar surface area (TPSA) is 29.1 Å². The fourth-order valence-electron chi connectivity index (χ4n) is 1.55. The number of benzene rings is 1. The molecule has 0 saturated heterocycles. The SMILES string of the molecule is O=C(Cc1cccs1)NCc1cc(F)cc(F)c1. The van der Waals surface area contributed by atoms with Crippen molar-refractivity contribution in [2.24, 2.45) is 0 Å². The summed E-state index contributed by atoms with van der Waals surface area (Å²) in [5.74, 6) is -1.45. The van der Waals surface area contributed by atoms with Crippen LogP contribution in [0.15, 0.2) is 35.7 Å². The summed E-state index contributed by atoms with van der Waals surface area (Å²) >= 11 is 1.50. The average molecular weight is 267 g/mol. The van der Waals surface area contributed by atoms with Crippen molar-refractivity contribution in [2.75, 3.05) is 0 Å². The van der Waals surface area contributed by atoms with E-state index in [0.717, 1.165) is 10.9 Å². The summed E-state index contributed by atoms with van der Waals surface area (Å²) in [5, 5.41) is 4.52. The maximum absolute atomic E-state index is 12.9. The van der Waals surface area contributed by atoms with Crippen LogP contribution in [0.1, 0.15) is 10.4 Å². The van der Waals surface area contributed by atoms with Crippen molar-refractivity contribution >= 4 is 17.2 Å². The Hall–Kier alpha value is -1.75. The van der Waals surface area contributed by atoms with Crippen molar-refractivity contribution in [1.29, 1.82) is 0 Å². The molecule has 0 fully saturated rings. The molecule has 0 spiro atoms. The molecule has 94 valence electrons. The highest BCUT2D eigenvalue weighted by Crippen LogP contribution is 2.10. The number of carbonyl (C=O) groups is 1. The Morgan fingerprint density at radius 3 is 2.56 bits per heavy atom. The minimum atomic E-state index is -0.641. The fraction of sp³-hybridized carbons (Fsp3) is 0.154. The first-order valence-corrected chi connectivity index (χ1v) is 6.25. The van der Waals surface area contributed by atoms with Crippen LogP contribution in [-0.2, 0) is 17.8 Å². The summed E-state index contributed by atoms with van der Waals surface area (Å²) in [6.45, 7) is 0.124. The molecule has 0 bridgehead atoms. The van der Waals surface area contributed by atoms with E-state index < -0.39 is 11.6 Å². The van der Waals surface area contributed by atoms with Gasteiger partial charge in [-0.25, -0.2) is 8.78 Å². The first-order valence-electron chi connectivity index (χ1n) is 5.37. The van der Waals surface area contributed by atoms with Crippen molar-refractivity contribution in [3.05, 3.63) is 57.8 Å². The second kappa shape index (κ2) is 5.73. The number of amides is 1. The van der Waals surface area contributed by atoms with Crippen LogP contribution in [0, 0.1) is 11.6 Å². The van der Waals surface area contributed by atoms with Gasteiger partial charge in [0.1, 0.15) is 11.6 Å². The van der Waals surface area contributed by atoms with Gasteiger partial charge in [-0.1, -0.05) is 6.07 Å². The van der Waals surface area contributed by atoms with Crippen LogP contribution in [0.3, 0.4) is 0 Å². The molecule has 0 atom stereocenters. The van der Waals surface area contributed by atoms with Crippen LogP contribution >= 0.6 is 11.3 Å². The van der Waals surface area contributed by atoms with E-state index in [-0.39, 0.29) is 18.9 Å². The van der Waals surface area contributed by atoms with E-state index in [9.17, 15) is 13.6 Å². The van der Waals surface area contributed by atoms with E-state index in [1.165, 1.54) is 23.5 Å². The normalized spacial score (nSPS) is 10.3. The molecule has 1 amide bonds. The Morgan fingerprint density at radius 2 is 1.94 bits per heavy atom. The van der Waals surface area contributed by atoms with Gasteiger partial charge in [-0.15, -0.1) is 11.3 Å². The summed E-state index contributed by atoms with van der Waals surface area (Å²) in [7, 11) is 0. The van der Waals surface area contributed by atoms with Crippen molar-refractivity contribution in [3.8, 4) is 0 Å². The van der Waals surface area contributed by atoms with Crippen LogP contribution < -0.4 is 5.32 Å². The van der Waals surface area contributed by atoms with Crippen molar-refractivity contribution < 1.29 is 13.6 Å². The minimum absolute atomic E-state index is 0.124. The summed E-state index contributed by atoms with van der Waals surface area (Å²) < 4.78 is 25.8. The van der Waals surface area contributed by atoms with E-state index >= 15 is 0 Å². The Morgan fingerprint density at radius 1 is 1.22 bits per heavy atom. The lowest BCUT2D eigenvalue weighted by Gasteiger charge is -2.05. The van der Waals surface area contributed by atoms with E-state index in [4.69, 9.17) is 0 Å². The second-order valence-corrected chi connectivity index (χ2v) is 4.84. The zero-order chi connectivity index (χ0) is 13.0. The quantitative estimate of drug-likeness (QED) is 0.906. The van der Waals surface area contributed by atoms with Gasteiger partial charge in [0.15, 0.2) is 0 Å². The Bertz CT molecular complexity index is 520. The summed E-state index contributed by atoms with van der Waals surface area (Å²) in [5.41, 5.74) is 0.409. The molecule has 0 unspecified atom stereocenters. The second-order valence-electron chi connectivity index (χ2n) is 3.81. The number of hydrogen-bond donors (Lipinski definition) is 1. The maximum Gasteiger partial charge on any atom is 0.225 e. The minimum Gasteiger partial charge on any atom is -0.352 e. The molecule has 1 heterocycles. The number of nitrogens with one attached hydrogen (secondary N) is 1. The third kappa shape index (κ3) is 3.63. The molecular weight excluding hydrogens is 256 g/mol. The van der Waals surface area contributed by atoms with Crippen LogP contribution in [0.5, 0.6) is 0 Å². The molecule has 2 rings (SSSR count). The van der Waals surface area contributed by atoms with Gasteiger partial charge in [0.05, 0.1) is 6.42 Å². The molecule has 5 heteroatoms. The smallest absolute Gasteiger partial charge is 0.225 e. The van der Waals surface area contributed by atoms with Gasteiger partial charge < -0.3 is 5.32 Å². The molecule has 1 N–H and O–H groups in total. The van der Waals surface area contributed by atoms with Gasteiger partial charge in [-0.3, -0.25) is 4.79 Å². The molecule has 2 aromatic rings. The standard InChI is InChI=1S/C13H11F2NOS/c14-10-4-9(5-11(15)6-10)8-16-13(17)7-12-2-1-3-18-12/h1-6H,7-8H2,(H,16,17). The zero-order valence-corrected chi connectivity index (χ0v) is 10.3. The summed E-state index contributed by atoms with van der Waals surface area (Å²) in [6, 6.07) is 6.95. The highest BCUT2D eigenvalue weighted by Gasteiger charge is 2.05. The molecule has 0 aliphatic carbocycles. The summed E-state index contributed by atoms with van der Waals surface area (Å²) in [6.07, 6.45) is 0.287. The van der Waals surface area contributed by atoms with Gasteiger partial charge in [-0.05, 0) is 29.1 Å². The van der Waals surface area contributed by atoms with Crippen LogP contribution in [-0.4, -0.2) is 5.91 Å². The number of carbonyl (C=O) groups excluding carboxylic acids is 1. The van der Waals surface area contributed by atoms with Crippen molar-refractivity contribution in [2.45, 2.75) is 13.0 Å². The number of hydrogen-bond acceptors (Lipinski definition) is 2. The van der Waals surface area contributed by atoms with E-state index in [1.54, 1.807) is 0 Å². The average Bonchev–Trinajstić information content (AvgIpc) is 2.78. The largest absolute Gasteiger partial charge is 0.352 e. The Labute approximate surface area is 107 Å². The highest BCUT2D eigenvalue weighted by atomic mass is 32.1. The molecule has 0 radical (unpaired) electrons. The summed E-state index contributed by atoms with van der Waals surface area (Å²) in [4.78, 5) is 12.5. The fourth-order valence-corrected chi connectivity index (χ4v) is 2.25. The lowest BCUT2D eigenvalue weighted by Crippen LogP contribution is -2.24. The monoisotopic (exact) mass is 267 g/mol. The van der Waals surface area contributed by atoms with Gasteiger partial charge in [-0.2, -0.15) is 0 Å². The molecule has 18 heavy (non-hydrogen) atoms. The first-order chi connectivity index (χ1) is 8.63. The van der Waals surface area contributed by atoms with Crippen LogP contribution in [0.2, 0.25) is 0 Å². The third-order valence-electron chi connectivity index (χ3n) is 2.33. The predicted octanol–water partition coefficient (Wildman–Crippen LogP) is 2.89. The maximum atomic E-state index is 12.9. The molecule has 1 aromatic heterocycles. The van der Waals surface area contributed by atoms with Crippen LogP contribution in [0.4, 0.5) is 8.78 Å². The molecule has 2 nitrogen and oxygen atoms in total. The predicted molar refractivity (Wildman–Crippen MR) is 66.2 cm³/mol. The van der Waals surface area contributed by atoms with Crippen LogP contribution in [0.25, 0.3) is 0 Å². The van der Waals surface area contributed by atoms with E-state index in [0.29, 0.717) is 5.56 Å². The van der Waals surface area contributed by atoms with Gasteiger partial charge in [0, 0.05) is 17.5 Å². The number of thiophene rings is 1. The first kappa shape index (κ1) is 12.7. The molecule has 0 saturated carbocycles. The van der Waals surface area contributed by atoms with Gasteiger partial charge >= 0.3 is 0 Å². The van der Waals surface area contributed by atoms with E-state index in [1.807, 2.05) is 17.5 Å². The van der Waals surface area contributed by atoms with E-state index in [2.05, 4.69) is 5.32 Å². The zero-order valence-electron chi connectivity index (χ0n) is 9.45. The third-order valence-corrected chi connectivity index (χ3v) is 3.20. The molecular formula is C13H11F2NOS. The number of halogens is 2. The molecule has 0 aliphatic rings. The lowest BCUT2D eigenvalue weighted by molar-refractivity contribution is -0.120. The Kier molecular flexibility index (Phi) is 4.04.